The molecule has 0 bridgehead atoms. The highest BCUT2D eigenvalue weighted by Gasteiger charge is 2.36. The van der Waals surface area contributed by atoms with Crippen LogP contribution in [0.4, 0.5) is 0 Å². The zero-order valence-corrected chi connectivity index (χ0v) is 19.4. The zero-order chi connectivity index (χ0) is 22.5. The van der Waals surface area contributed by atoms with Crippen molar-refractivity contribution in [1.29, 1.82) is 0 Å². The first kappa shape index (κ1) is 22.7. The molecule has 2 atom stereocenters. The van der Waals surface area contributed by atoms with E-state index in [0.29, 0.717) is 36.7 Å². The van der Waals surface area contributed by atoms with Crippen LogP contribution in [0.2, 0.25) is 5.02 Å². The molecule has 0 saturated carbocycles. The van der Waals surface area contributed by atoms with E-state index in [0.717, 1.165) is 37.1 Å². The normalized spacial score (nSPS) is 21.3. The number of aryl methyl sites for hydroxylation is 1. The average molecular weight is 455 g/mol. The molecule has 2 aromatic rings. The lowest BCUT2D eigenvalue weighted by molar-refractivity contribution is -0.134. The highest BCUT2D eigenvalue weighted by Crippen LogP contribution is 2.29. The molecule has 0 aromatic heterocycles. The van der Waals surface area contributed by atoms with Gasteiger partial charge >= 0.3 is 0 Å². The second-order valence-corrected chi connectivity index (χ2v) is 9.31. The van der Waals surface area contributed by atoms with E-state index >= 15 is 0 Å². The maximum absolute atomic E-state index is 13.2. The number of hydrogen-bond acceptors (Lipinski definition) is 3. The molecular formula is C26H31ClN2O3. The Morgan fingerprint density at radius 1 is 1.00 bits per heavy atom. The van der Waals surface area contributed by atoms with Crippen LogP contribution in [0.25, 0.3) is 0 Å². The Kier molecular flexibility index (Phi) is 7.36. The molecule has 2 amide bonds. The molecule has 5 nitrogen and oxygen atoms in total. The molecule has 2 fully saturated rings. The molecule has 0 spiro atoms. The summed E-state index contributed by atoms with van der Waals surface area (Å²) >= 11 is 6.14. The van der Waals surface area contributed by atoms with Crippen molar-refractivity contribution in [1.82, 2.24) is 9.80 Å². The summed E-state index contributed by atoms with van der Waals surface area (Å²) in [5, 5.41) is 0.621. The molecule has 4 rings (SSSR count). The molecule has 2 aliphatic heterocycles. The lowest BCUT2D eigenvalue weighted by atomic mass is 9.90. The van der Waals surface area contributed by atoms with Gasteiger partial charge in [-0.1, -0.05) is 35.9 Å². The monoisotopic (exact) mass is 454 g/mol. The maximum Gasteiger partial charge on any atom is 0.254 e. The summed E-state index contributed by atoms with van der Waals surface area (Å²) in [6, 6.07) is 15.0. The smallest absolute Gasteiger partial charge is 0.254 e. The third-order valence-electron chi connectivity index (χ3n) is 6.56. The Balaban J connectivity index is 1.50. The van der Waals surface area contributed by atoms with Crippen LogP contribution < -0.4 is 4.74 Å². The van der Waals surface area contributed by atoms with Crippen LogP contribution in [-0.2, 0) is 4.79 Å². The van der Waals surface area contributed by atoms with Gasteiger partial charge in [0.05, 0.1) is 0 Å². The summed E-state index contributed by atoms with van der Waals surface area (Å²) in [7, 11) is 0. The van der Waals surface area contributed by atoms with E-state index in [2.05, 4.69) is 0 Å². The Labute approximate surface area is 195 Å². The lowest BCUT2D eigenvalue weighted by Crippen LogP contribution is -2.50. The number of hydrogen-bond donors (Lipinski definition) is 0. The summed E-state index contributed by atoms with van der Waals surface area (Å²) < 4.78 is 6.30. The van der Waals surface area contributed by atoms with Gasteiger partial charge < -0.3 is 14.5 Å². The first-order valence-electron chi connectivity index (χ1n) is 11.6. The quantitative estimate of drug-likeness (QED) is 0.641. The molecule has 0 N–H and O–H groups in total. The maximum atomic E-state index is 13.2. The number of piperidine rings is 2. The van der Waals surface area contributed by atoms with E-state index in [1.54, 1.807) is 6.07 Å². The van der Waals surface area contributed by atoms with Gasteiger partial charge in [0, 0.05) is 55.5 Å². The van der Waals surface area contributed by atoms with E-state index in [1.807, 2.05) is 59.2 Å². The Hall–Kier alpha value is -2.53. The largest absolute Gasteiger partial charge is 0.490 e. The number of likely N-dealkylation sites (tertiary alicyclic amines) is 2. The number of carbonyl (C=O) groups excluding carboxylic acids is 2. The lowest BCUT2D eigenvalue weighted by Gasteiger charge is -2.39. The topological polar surface area (TPSA) is 49.9 Å². The molecule has 0 aliphatic carbocycles. The number of rotatable bonds is 5. The van der Waals surface area contributed by atoms with Crippen LogP contribution in [0.1, 0.15) is 48.0 Å². The SMILES string of the molecule is Cc1ccccc1C(=O)N1CC[C@H](Oc2cccc(Cl)c2)[C@@H](CC(=O)N2CCCCC2)C1. The highest BCUT2D eigenvalue weighted by atomic mass is 35.5. The number of benzene rings is 2. The van der Waals surface area contributed by atoms with Crippen molar-refractivity contribution in [2.45, 2.75) is 45.1 Å². The van der Waals surface area contributed by atoms with Gasteiger partial charge in [-0.25, -0.2) is 0 Å². The van der Waals surface area contributed by atoms with Crippen molar-refractivity contribution in [3.8, 4) is 5.75 Å². The van der Waals surface area contributed by atoms with Crippen LogP contribution in [0.15, 0.2) is 48.5 Å². The fourth-order valence-electron chi connectivity index (χ4n) is 4.74. The van der Waals surface area contributed by atoms with E-state index < -0.39 is 0 Å². The minimum absolute atomic E-state index is 0.0275. The second kappa shape index (κ2) is 10.4. The van der Waals surface area contributed by atoms with Gasteiger partial charge in [-0.05, 0) is 56.0 Å². The average Bonchev–Trinajstić information content (AvgIpc) is 2.80. The highest BCUT2D eigenvalue weighted by molar-refractivity contribution is 6.30. The first-order chi connectivity index (χ1) is 15.5. The first-order valence-corrected chi connectivity index (χ1v) is 11.9. The fraction of sp³-hybridized carbons (Fsp3) is 0.462. The summed E-state index contributed by atoms with van der Waals surface area (Å²) in [4.78, 5) is 30.2. The van der Waals surface area contributed by atoms with Crippen molar-refractivity contribution >= 4 is 23.4 Å². The summed E-state index contributed by atoms with van der Waals surface area (Å²) in [6.07, 6.45) is 4.26. The van der Waals surface area contributed by atoms with E-state index in [9.17, 15) is 9.59 Å². The number of ether oxygens (including phenoxy) is 1. The van der Waals surface area contributed by atoms with Gasteiger partial charge in [-0.2, -0.15) is 0 Å². The van der Waals surface area contributed by atoms with Crippen molar-refractivity contribution < 1.29 is 14.3 Å². The van der Waals surface area contributed by atoms with Gasteiger partial charge in [0.15, 0.2) is 0 Å². The van der Waals surface area contributed by atoms with Crippen molar-refractivity contribution in [3.05, 3.63) is 64.7 Å². The molecule has 0 radical (unpaired) electrons. The van der Waals surface area contributed by atoms with Crippen LogP contribution in [0, 0.1) is 12.8 Å². The van der Waals surface area contributed by atoms with Crippen LogP contribution in [0.3, 0.4) is 0 Å². The van der Waals surface area contributed by atoms with E-state index in [4.69, 9.17) is 16.3 Å². The predicted octanol–water partition coefficient (Wildman–Crippen LogP) is 4.96. The van der Waals surface area contributed by atoms with Crippen LogP contribution >= 0.6 is 11.6 Å². The third-order valence-corrected chi connectivity index (χ3v) is 6.79. The van der Waals surface area contributed by atoms with Gasteiger partial charge in [-0.15, -0.1) is 0 Å². The number of halogens is 1. The van der Waals surface area contributed by atoms with Gasteiger partial charge in [-0.3, -0.25) is 9.59 Å². The Bertz CT molecular complexity index is 958. The minimum Gasteiger partial charge on any atom is -0.490 e. The minimum atomic E-state index is -0.136. The molecule has 6 heteroatoms. The molecule has 2 heterocycles. The van der Waals surface area contributed by atoms with Gasteiger partial charge in [0.2, 0.25) is 5.91 Å². The number of carbonyl (C=O) groups is 2. The van der Waals surface area contributed by atoms with Crippen molar-refractivity contribution in [2.24, 2.45) is 5.92 Å². The zero-order valence-electron chi connectivity index (χ0n) is 18.6. The molecule has 32 heavy (non-hydrogen) atoms. The summed E-state index contributed by atoms with van der Waals surface area (Å²) in [5.74, 6) is 0.834. The Morgan fingerprint density at radius 3 is 2.53 bits per heavy atom. The van der Waals surface area contributed by atoms with E-state index in [1.165, 1.54) is 6.42 Å². The fourth-order valence-corrected chi connectivity index (χ4v) is 4.92. The van der Waals surface area contributed by atoms with Gasteiger partial charge in [0.1, 0.15) is 11.9 Å². The van der Waals surface area contributed by atoms with Crippen LogP contribution in [0.5, 0.6) is 5.75 Å². The predicted molar refractivity (Wildman–Crippen MR) is 126 cm³/mol. The second-order valence-electron chi connectivity index (χ2n) is 8.87. The van der Waals surface area contributed by atoms with E-state index in [-0.39, 0.29) is 23.8 Å². The Morgan fingerprint density at radius 2 is 1.78 bits per heavy atom. The van der Waals surface area contributed by atoms with Crippen molar-refractivity contribution in [2.75, 3.05) is 26.2 Å². The number of amides is 2. The number of nitrogens with zero attached hydrogens (tertiary/aromatic N) is 2. The van der Waals surface area contributed by atoms with Crippen LogP contribution in [-0.4, -0.2) is 53.9 Å². The molecule has 2 saturated heterocycles. The van der Waals surface area contributed by atoms with Gasteiger partial charge in [0.25, 0.3) is 5.91 Å². The molecule has 0 unspecified atom stereocenters. The molecule has 170 valence electrons. The standard InChI is InChI=1S/C26H31ClN2O3/c1-19-8-3-4-11-23(19)26(31)29-15-12-24(32-22-10-7-9-21(27)17-22)20(18-29)16-25(30)28-13-5-2-6-14-28/h3-4,7-11,17,20,24H,2,5-6,12-16,18H2,1H3/t20-,24-/m0/s1. The summed E-state index contributed by atoms with van der Waals surface area (Å²) in [5.41, 5.74) is 1.69. The molecular weight excluding hydrogens is 424 g/mol. The van der Waals surface area contributed by atoms with Crippen molar-refractivity contribution in [3.63, 3.8) is 0 Å². The molecule has 2 aromatic carbocycles. The third kappa shape index (κ3) is 5.44. The summed E-state index contributed by atoms with van der Waals surface area (Å²) in [6.45, 7) is 4.73. The molecule has 2 aliphatic rings.